The van der Waals surface area contributed by atoms with Gasteiger partial charge in [0.15, 0.2) is 0 Å². The van der Waals surface area contributed by atoms with Crippen molar-refractivity contribution < 1.29 is 9.13 Å². The van der Waals surface area contributed by atoms with Crippen molar-refractivity contribution in [2.24, 2.45) is 0 Å². The van der Waals surface area contributed by atoms with E-state index in [2.05, 4.69) is 4.98 Å². The van der Waals surface area contributed by atoms with Crippen molar-refractivity contribution in [3.8, 4) is 10.6 Å². The molecule has 0 aliphatic rings. The molecule has 96 valence electrons. The van der Waals surface area contributed by atoms with Crippen molar-refractivity contribution in [3.05, 3.63) is 53.3 Å². The fraction of sp³-hybridized carbons (Fsp3) is 0.133. The average Bonchev–Trinajstić information content (AvgIpc) is 2.88. The van der Waals surface area contributed by atoms with Crippen LogP contribution < -0.4 is 0 Å². The molecule has 2 nitrogen and oxygen atoms in total. The van der Waals surface area contributed by atoms with E-state index in [1.165, 1.54) is 6.07 Å². The number of nitrogens with zero attached hydrogens (tertiary/aromatic N) is 1. The maximum atomic E-state index is 13.8. The topological polar surface area (TPSA) is 22.1 Å². The van der Waals surface area contributed by atoms with E-state index in [0.29, 0.717) is 12.0 Å². The number of benzene rings is 2. The zero-order chi connectivity index (χ0) is 13.2. The number of hydrogen-bond donors (Lipinski definition) is 0. The van der Waals surface area contributed by atoms with Crippen LogP contribution in [0.2, 0.25) is 0 Å². The lowest BCUT2D eigenvalue weighted by atomic mass is 10.0. The Hall–Kier alpha value is -1.78. The van der Waals surface area contributed by atoms with Gasteiger partial charge in [0, 0.05) is 23.4 Å². The van der Waals surface area contributed by atoms with Gasteiger partial charge in [-0.15, -0.1) is 11.3 Å². The molecule has 0 aliphatic heterocycles. The van der Waals surface area contributed by atoms with Gasteiger partial charge in [-0.2, -0.15) is 0 Å². The number of fused-ring (bicyclic) bond motifs is 1. The Kier molecular flexibility index (Phi) is 3.27. The lowest BCUT2D eigenvalue weighted by molar-refractivity contribution is 0.182. The predicted octanol–water partition coefficient (Wildman–Crippen LogP) is 4.25. The highest BCUT2D eigenvalue weighted by Crippen LogP contribution is 2.32. The van der Waals surface area contributed by atoms with Gasteiger partial charge in [0.1, 0.15) is 10.8 Å². The minimum absolute atomic E-state index is 0.201. The van der Waals surface area contributed by atoms with Gasteiger partial charge in [-0.1, -0.05) is 24.3 Å². The molecule has 4 heteroatoms. The third-order valence-corrected chi connectivity index (χ3v) is 3.87. The minimum Gasteiger partial charge on any atom is -0.378 e. The Balaban J connectivity index is 2.16. The molecule has 0 N–H and O–H groups in total. The monoisotopic (exact) mass is 273 g/mol. The minimum atomic E-state index is -0.201. The summed E-state index contributed by atoms with van der Waals surface area (Å²) in [5.41, 5.74) is 1.86. The van der Waals surface area contributed by atoms with Gasteiger partial charge in [-0.3, -0.25) is 0 Å². The molecule has 1 heterocycles. The number of methoxy groups -OCH3 is 1. The SMILES string of the molecule is COCc1csc(-c2ccc(F)c3ccccc23)n1. The molecule has 0 saturated carbocycles. The molecule has 0 atom stereocenters. The Morgan fingerprint density at radius 1 is 1.16 bits per heavy atom. The summed E-state index contributed by atoms with van der Waals surface area (Å²) in [6, 6.07) is 10.7. The molecular weight excluding hydrogens is 261 g/mol. The average molecular weight is 273 g/mol. The highest BCUT2D eigenvalue weighted by Gasteiger charge is 2.10. The second-order valence-corrected chi connectivity index (χ2v) is 5.08. The van der Waals surface area contributed by atoms with E-state index in [9.17, 15) is 4.39 Å². The fourth-order valence-electron chi connectivity index (χ4n) is 2.09. The van der Waals surface area contributed by atoms with Crippen LogP contribution in [0.4, 0.5) is 4.39 Å². The van der Waals surface area contributed by atoms with E-state index < -0.39 is 0 Å². The standard InChI is InChI=1S/C15H12FNOS/c1-18-8-10-9-19-15(17-10)13-6-7-14(16)12-5-3-2-4-11(12)13/h2-7,9H,8H2,1H3. The summed E-state index contributed by atoms with van der Waals surface area (Å²) in [5, 5.41) is 4.38. The Morgan fingerprint density at radius 3 is 2.74 bits per heavy atom. The first-order valence-corrected chi connectivity index (χ1v) is 6.78. The number of aromatic nitrogens is 1. The van der Waals surface area contributed by atoms with E-state index >= 15 is 0 Å². The van der Waals surface area contributed by atoms with Gasteiger partial charge in [0.25, 0.3) is 0 Å². The van der Waals surface area contributed by atoms with Crippen molar-refractivity contribution in [3.63, 3.8) is 0 Å². The van der Waals surface area contributed by atoms with Crippen molar-refractivity contribution in [2.75, 3.05) is 7.11 Å². The van der Waals surface area contributed by atoms with Crippen LogP contribution in [0.25, 0.3) is 21.3 Å². The van der Waals surface area contributed by atoms with Gasteiger partial charge in [-0.05, 0) is 17.5 Å². The van der Waals surface area contributed by atoms with Gasteiger partial charge in [0.05, 0.1) is 12.3 Å². The van der Waals surface area contributed by atoms with E-state index in [1.54, 1.807) is 30.6 Å². The lowest BCUT2D eigenvalue weighted by Crippen LogP contribution is -1.88. The largest absolute Gasteiger partial charge is 0.378 e. The number of hydrogen-bond acceptors (Lipinski definition) is 3. The molecule has 0 bridgehead atoms. The van der Waals surface area contributed by atoms with Crippen LogP contribution in [-0.2, 0) is 11.3 Å². The molecule has 19 heavy (non-hydrogen) atoms. The molecule has 0 aliphatic carbocycles. The smallest absolute Gasteiger partial charge is 0.131 e. The Morgan fingerprint density at radius 2 is 1.95 bits per heavy atom. The molecular formula is C15H12FNOS. The Bertz CT molecular complexity index is 723. The molecule has 0 saturated heterocycles. The molecule has 0 spiro atoms. The first kappa shape index (κ1) is 12.3. The third-order valence-electron chi connectivity index (χ3n) is 2.95. The third kappa shape index (κ3) is 2.25. The number of thiazole rings is 1. The second-order valence-electron chi connectivity index (χ2n) is 4.22. The summed E-state index contributed by atoms with van der Waals surface area (Å²) in [7, 11) is 1.65. The summed E-state index contributed by atoms with van der Waals surface area (Å²) >= 11 is 1.55. The highest BCUT2D eigenvalue weighted by atomic mass is 32.1. The first-order chi connectivity index (χ1) is 9.29. The van der Waals surface area contributed by atoms with Crippen molar-refractivity contribution >= 4 is 22.1 Å². The van der Waals surface area contributed by atoms with Crippen molar-refractivity contribution in [1.82, 2.24) is 4.98 Å². The molecule has 0 amide bonds. The summed E-state index contributed by atoms with van der Waals surface area (Å²) in [4.78, 5) is 4.52. The molecule has 0 unspecified atom stereocenters. The summed E-state index contributed by atoms with van der Waals surface area (Å²) in [6.07, 6.45) is 0. The van der Waals surface area contributed by atoms with E-state index in [-0.39, 0.29) is 5.82 Å². The maximum absolute atomic E-state index is 13.8. The van der Waals surface area contributed by atoms with Gasteiger partial charge < -0.3 is 4.74 Å². The number of ether oxygens (including phenoxy) is 1. The summed E-state index contributed by atoms with van der Waals surface area (Å²) < 4.78 is 18.8. The fourth-order valence-corrected chi connectivity index (χ4v) is 2.94. The molecule has 0 fully saturated rings. The number of rotatable bonds is 3. The van der Waals surface area contributed by atoms with Crippen LogP contribution in [0.1, 0.15) is 5.69 Å². The van der Waals surface area contributed by atoms with E-state index in [0.717, 1.165) is 21.7 Å². The van der Waals surface area contributed by atoms with Gasteiger partial charge in [-0.25, -0.2) is 9.37 Å². The van der Waals surface area contributed by atoms with E-state index in [1.807, 2.05) is 23.6 Å². The number of halogens is 1. The maximum Gasteiger partial charge on any atom is 0.131 e. The summed E-state index contributed by atoms with van der Waals surface area (Å²) in [5.74, 6) is -0.201. The Labute approximate surface area is 114 Å². The zero-order valence-electron chi connectivity index (χ0n) is 10.4. The van der Waals surface area contributed by atoms with Crippen LogP contribution >= 0.6 is 11.3 Å². The van der Waals surface area contributed by atoms with Gasteiger partial charge in [0.2, 0.25) is 0 Å². The van der Waals surface area contributed by atoms with Crippen LogP contribution in [0.5, 0.6) is 0 Å². The highest BCUT2D eigenvalue weighted by molar-refractivity contribution is 7.13. The second kappa shape index (κ2) is 5.07. The molecule has 1 aromatic heterocycles. The zero-order valence-corrected chi connectivity index (χ0v) is 11.2. The first-order valence-electron chi connectivity index (χ1n) is 5.90. The molecule has 2 aromatic carbocycles. The molecule has 3 rings (SSSR count). The van der Waals surface area contributed by atoms with E-state index in [4.69, 9.17) is 4.74 Å². The van der Waals surface area contributed by atoms with Gasteiger partial charge >= 0.3 is 0 Å². The van der Waals surface area contributed by atoms with Crippen molar-refractivity contribution in [1.29, 1.82) is 0 Å². The van der Waals surface area contributed by atoms with Crippen LogP contribution in [0.15, 0.2) is 41.8 Å². The van der Waals surface area contributed by atoms with Crippen LogP contribution in [-0.4, -0.2) is 12.1 Å². The quantitative estimate of drug-likeness (QED) is 0.711. The van der Waals surface area contributed by atoms with Crippen LogP contribution in [0.3, 0.4) is 0 Å². The van der Waals surface area contributed by atoms with Crippen molar-refractivity contribution in [2.45, 2.75) is 6.61 Å². The predicted molar refractivity (Wildman–Crippen MR) is 75.7 cm³/mol. The molecule has 3 aromatic rings. The molecule has 0 radical (unpaired) electrons. The lowest BCUT2D eigenvalue weighted by Gasteiger charge is -2.04. The normalized spacial score (nSPS) is 11.1. The van der Waals surface area contributed by atoms with Crippen LogP contribution in [0, 0.1) is 5.82 Å². The summed E-state index contributed by atoms with van der Waals surface area (Å²) in [6.45, 7) is 0.496.